The van der Waals surface area contributed by atoms with Gasteiger partial charge in [0.05, 0.1) is 0 Å². The van der Waals surface area contributed by atoms with Gasteiger partial charge in [-0.1, -0.05) is 126 Å². The predicted octanol–water partition coefficient (Wildman–Crippen LogP) is -0.634. The molecule has 0 bridgehead atoms. The zero-order valence-electron chi connectivity index (χ0n) is 41.9. The van der Waals surface area contributed by atoms with Crippen molar-refractivity contribution >= 4 is 53.1 Å². The Balaban J connectivity index is -0.000000972. The van der Waals surface area contributed by atoms with Gasteiger partial charge in [-0.05, 0) is 134 Å². The molecule has 0 aliphatic rings. The van der Waals surface area contributed by atoms with Crippen LogP contribution in [0, 0.1) is 0 Å². The van der Waals surface area contributed by atoms with Gasteiger partial charge >= 0.3 is 177 Å². The average molecular weight is 1200 g/mol. The molecule has 0 aliphatic carbocycles. The fourth-order valence-electron chi connectivity index (χ4n) is 6.63. The van der Waals surface area contributed by atoms with Crippen LogP contribution in [0.2, 0.25) is 0 Å². The molecule has 0 aromatic heterocycles. The number of benzene rings is 3. The molecule has 3 rings (SSSR count). The van der Waals surface area contributed by atoms with Crippen molar-refractivity contribution in [3.05, 3.63) is 143 Å². The molecule has 6 N–H and O–H groups in total. The molecule has 0 fully saturated rings. The molecule has 0 saturated carbocycles. The summed E-state index contributed by atoms with van der Waals surface area (Å²) in [5.41, 5.74) is 7.02. The second-order valence-electron chi connectivity index (χ2n) is 16.5. The van der Waals surface area contributed by atoms with Crippen LogP contribution in [0.3, 0.4) is 0 Å². The molecular weight excluding hydrogens is 1130 g/mol. The van der Waals surface area contributed by atoms with E-state index in [2.05, 4.69) is 0 Å². The second kappa shape index (κ2) is 39.4. The fraction of sp³-hybridized carbons (Fsp3) is 0.467. The number of unbranched alkanes of at least 4 members (excludes halogenated alkanes) is 3. The third-order valence-corrected chi connectivity index (χ3v) is 21.0. The molecule has 3 aromatic carbocycles. The number of aryl methyl sites for hydroxylation is 3. The Kier molecular flexibility index (Phi) is 42.8. The minimum Gasteiger partial charge on any atom is -0.747 e. The van der Waals surface area contributed by atoms with Crippen LogP contribution in [-0.4, -0.2) is 83.2 Å². The molecule has 3 atom stereocenters. The molecule has 0 amide bonds. The zero-order chi connectivity index (χ0) is 52.5. The van der Waals surface area contributed by atoms with E-state index < -0.39 is 68.1 Å². The van der Waals surface area contributed by atoms with Crippen LogP contribution in [0.15, 0.2) is 126 Å². The Morgan fingerprint density at radius 1 is 0.431 bits per heavy atom. The van der Waals surface area contributed by atoms with Gasteiger partial charge in [-0.2, -0.15) is 0 Å². The van der Waals surface area contributed by atoms with Crippen LogP contribution in [0.5, 0.6) is 0 Å². The monoisotopic (exact) mass is 1200 g/mol. The topological polar surface area (TPSA) is 344 Å². The number of rotatable bonds is 27. The first-order valence-electron chi connectivity index (χ1n) is 21.9. The number of allylic oxidation sites excluding steroid dienone is 6. The van der Waals surface area contributed by atoms with Crippen LogP contribution in [-0.2, 0) is 63.3 Å². The Morgan fingerprint density at radius 2 is 0.625 bits per heavy atom. The maximum atomic E-state index is 11.1. The molecule has 27 heteroatoms. The average Bonchev–Trinajstić information content (AvgIpc) is 3.22. The van der Waals surface area contributed by atoms with Gasteiger partial charge in [0, 0.05) is 0 Å². The van der Waals surface area contributed by atoms with E-state index in [0.717, 1.165) is 55.2 Å². The van der Waals surface area contributed by atoms with Crippen LogP contribution >= 0.6 is 22.8 Å². The standard InChI is InChI=1S/3C15H23O6PS.3K/c3*1-13(11-12-14-8-3-2-4-9-14)7-5-6-10-15(22(16,17)18)23(19,20)21;;;/h3*2-4,7-9,15H,5-6,10-12H2,1H3,(H2,16,17,18)(H,19,20,21);;;/q;;;3*+1/p-3/b3*13-7-;;;. The second-order valence-corrected chi connectivity index (χ2v) is 27.6. The van der Waals surface area contributed by atoms with E-state index in [1.54, 1.807) is 0 Å². The summed E-state index contributed by atoms with van der Waals surface area (Å²) in [4.78, 5) is 47.3. The molecule has 0 saturated heterocycles. The Morgan fingerprint density at radius 3 is 0.792 bits per heavy atom. The van der Waals surface area contributed by atoms with Gasteiger partial charge in [-0.25, -0.2) is 25.3 Å². The number of hydrogen-bond donors (Lipinski definition) is 6. The zero-order valence-corrected chi connectivity index (χ0v) is 56.4. The van der Waals surface area contributed by atoms with Crippen molar-refractivity contribution in [2.75, 3.05) is 0 Å². The molecular formula is C45H66K3O18P3S3. The van der Waals surface area contributed by atoms with Gasteiger partial charge in [-0.3, -0.25) is 13.7 Å². The van der Waals surface area contributed by atoms with Crippen LogP contribution in [0.4, 0.5) is 0 Å². The van der Waals surface area contributed by atoms with Crippen molar-refractivity contribution in [1.82, 2.24) is 0 Å². The summed E-state index contributed by atoms with van der Waals surface area (Å²) in [6.07, 6.45) is 12.1. The minimum atomic E-state index is -5.00. The summed E-state index contributed by atoms with van der Waals surface area (Å²) in [5, 5.41) is 0. The molecule has 72 heavy (non-hydrogen) atoms. The molecule has 0 heterocycles. The SMILES string of the molecule is C/C(=C/CCCC(P(=O)(O)O)S(=O)(=O)[O-])CCc1ccccc1.C/C(=C/CCCC(P(=O)(O)O)S(=O)(=O)[O-])CCc1ccccc1.C/C(=C/CCCC(P(=O)(O)O)S(=O)(=O)[O-])CCc1ccccc1.[K+].[K+].[K+]. The third-order valence-electron chi connectivity index (χ3n) is 10.5. The van der Waals surface area contributed by atoms with E-state index in [1.165, 1.54) is 16.7 Å². The maximum absolute atomic E-state index is 11.1. The van der Waals surface area contributed by atoms with Gasteiger partial charge in [0.15, 0.2) is 15.0 Å². The molecule has 0 spiro atoms. The first kappa shape index (κ1) is 78.2. The third kappa shape index (κ3) is 37.8. The minimum absolute atomic E-state index is 0. The van der Waals surface area contributed by atoms with Crippen LogP contribution in [0.1, 0.15) is 115 Å². The van der Waals surface area contributed by atoms with Crippen molar-refractivity contribution < 1.29 is 236 Å². The van der Waals surface area contributed by atoms with Crippen molar-refractivity contribution in [3.8, 4) is 0 Å². The Labute approximate surface area is 554 Å². The summed E-state index contributed by atoms with van der Waals surface area (Å²) >= 11 is 0. The van der Waals surface area contributed by atoms with Gasteiger partial charge in [-0.15, -0.1) is 0 Å². The van der Waals surface area contributed by atoms with E-state index in [1.807, 2.05) is 130 Å². The smallest absolute Gasteiger partial charge is 0.747 e. The van der Waals surface area contributed by atoms with Crippen LogP contribution in [0.25, 0.3) is 0 Å². The summed E-state index contributed by atoms with van der Waals surface area (Å²) in [7, 11) is -29.8. The summed E-state index contributed by atoms with van der Waals surface area (Å²) < 4.78 is 131. The van der Waals surface area contributed by atoms with Crippen LogP contribution < -0.4 is 154 Å². The molecule has 0 aliphatic heterocycles. The van der Waals surface area contributed by atoms with Gasteiger partial charge < -0.3 is 43.0 Å². The first-order valence-corrected chi connectivity index (χ1v) is 31.4. The molecule has 390 valence electrons. The summed E-state index contributed by atoms with van der Waals surface area (Å²) in [5.74, 6) is 0. The number of hydrogen-bond acceptors (Lipinski definition) is 12. The van der Waals surface area contributed by atoms with Crippen molar-refractivity contribution in [1.29, 1.82) is 0 Å². The molecule has 18 nitrogen and oxygen atoms in total. The molecule has 3 unspecified atom stereocenters. The van der Waals surface area contributed by atoms with E-state index in [-0.39, 0.29) is 193 Å². The van der Waals surface area contributed by atoms with E-state index in [4.69, 9.17) is 29.4 Å². The summed E-state index contributed by atoms with van der Waals surface area (Å²) in [6.45, 7) is 5.86. The van der Waals surface area contributed by atoms with E-state index in [0.29, 0.717) is 19.3 Å². The van der Waals surface area contributed by atoms with Crippen molar-refractivity contribution in [3.63, 3.8) is 0 Å². The van der Waals surface area contributed by atoms with Gasteiger partial charge in [0.2, 0.25) is 0 Å². The molecule has 3 aromatic rings. The summed E-state index contributed by atoms with van der Waals surface area (Å²) in [6, 6.07) is 29.9. The van der Waals surface area contributed by atoms with Gasteiger partial charge in [0.1, 0.15) is 30.4 Å². The quantitative estimate of drug-likeness (QED) is 0.0182. The van der Waals surface area contributed by atoms with E-state index in [9.17, 15) is 52.6 Å². The maximum Gasteiger partial charge on any atom is 1.00 e. The predicted molar refractivity (Wildman–Crippen MR) is 264 cm³/mol. The molecule has 0 radical (unpaired) electrons. The Hall–Kier alpha value is 1.97. The fourth-order valence-corrected chi connectivity index (χ4v) is 13.6. The first-order chi connectivity index (χ1) is 31.8. The normalized spacial score (nSPS) is 14.1. The van der Waals surface area contributed by atoms with Crippen molar-refractivity contribution in [2.45, 2.75) is 132 Å². The van der Waals surface area contributed by atoms with Gasteiger partial charge in [0.25, 0.3) is 0 Å². The Bertz CT molecular complexity index is 2290. The van der Waals surface area contributed by atoms with Crippen molar-refractivity contribution in [2.24, 2.45) is 0 Å². The largest absolute Gasteiger partial charge is 1.00 e. The van der Waals surface area contributed by atoms with E-state index >= 15 is 0 Å².